The molecule has 0 radical (unpaired) electrons. The number of nitrogens with zero attached hydrogens (tertiary/aromatic N) is 6. The van der Waals surface area contributed by atoms with E-state index in [1.807, 2.05) is 25.1 Å². The fourth-order valence-corrected chi connectivity index (χ4v) is 2.97. The van der Waals surface area contributed by atoms with Gasteiger partial charge in [0.2, 0.25) is 11.0 Å². The Hall–Kier alpha value is -3.99. The van der Waals surface area contributed by atoms with E-state index in [0.717, 1.165) is 17.0 Å². The summed E-state index contributed by atoms with van der Waals surface area (Å²) in [6.45, 7) is 1.91. The second-order valence-electron chi connectivity index (χ2n) is 5.79. The number of aromatic carboxylic acids is 1. The number of anilines is 4. The summed E-state index contributed by atoms with van der Waals surface area (Å²) in [5, 5.41) is 16.5. The summed E-state index contributed by atoms with van der Waals surface area (Å²) in [4.78, 5) is 36.5. The Morgan fingerprint density at radius 1 is 0.931 bits per heavy atom. The van der Waals surface area contributed by atoms with E-state index >= 15 is 0 Å². The Labute approximate surface area is 168 Å². The van der Waals surface area contributed by atoms with Crippen molar-refractivity contribution in [2.75, 3.05) is 10.6 Å². The average Bonchev–Trinajstić information content (AvgIpc) is 3.17. The fourth-order valence-electron chi connectivity index (χ4n) is 2.38. The maximum atomic E-state index is 10.9. The van der Waals surface area contributed by atoms with E-state index in [9.17, 15) is 4.79 Å². The van der Waals surface area contributed by atoms with Crippen LogP contribution in [-0.4, -0.2) is 41.0 Å². The van der Waals surface area contributed by atoms with Crippen molar-refractivity contribution >= 4 is 40.7 Å². The molecule has 0 spiro atoms. The van der Waals surface area contributed by atoms with Crippen LogP contribution < -0.4 is 10.6 Å². The lowest BCUT2D eigenvalue weighted by molar-refractivity contribution is 0.0696. The Bertz CT molecular complexity index is 1180. The van der Waals surface area contributed by atoms with Gasteiger partial charge in [0, 0.05) is 23.5 Å². The molecule has 4 aromatic rings. The van der Waals surface area contributed by atoms with Crippen molar-refractivity contribution in [3.63, 3.8) is 0 Å². The predicted octanol–water partition coefficient (Wildman–Crippen LogP) is 3.28. The molecule has 10 nitrogen and oxygen atoms in total. The normalized spacial score (nSPS) is 10.5. The zero-order chi connectivity index (χ0) is 20.2. The molecule has 0 fully saturated rings. The first kappa shape index (κ1) is 18.4. The highest BCUT2D eigenvalue weighted by molar-refractivity contribution is 7.11. The van der Waals surface area contributed by atoms with Crippen LogP contribution in [0.4, 0.5) is 23.4 Å². The predicted molar refractivity (Wildman–Crippen MR) is 108 cm³/mol. The lowest BCUT2D eigenvalue weighted by Crippen LogP contribution is -2.03. The van der Waals surface area contributed by atoms with Crippen LogP contribution in [0.5, 0.6) is 0 Å². The number of thiazole rings is 1. The maximum absolute atomic E-state index is 10.9. The van der Waals surface area contributed by atoms with Crippen molar-refractivity contribution in [3.05, 3.63) is 58.8 Å². The molecule has 4 rings (SSSR count). The van der Waals surface area contributed by atoms with Crippen LogP contribution in [0.25, 0.3) is 11.5 Å². The second kappa shape index (κ2) is 7.94. The molecule has 0 atom stereocenters. The van der Waals surface area contributed by atoms with E-state index in [-0.39, 0.29) is 11.0 Å². The van der Waals surface area contributed by atoms with Gasteiger partial charge in [0.25, 0.3) is 0 Å². The number of aromatic nitrogens is 6. The Morgan fingerprint density at radius 2 is 1.72 bits per heavy atom. The minimum absolute atomic E-state index is 0.0138. The summed E-state index contributed by atoms with van der Waals surface area (Å²) in [6.07, 6.45) is 3.20. The second-order valence-corrected chi connectivity index (χ2v) is 6.65. The third-order valence-corrected chi connectivity index (χ3v) is 4.44. The van der Waals surface area contributed by atoms with Crippen LogP contribution in [0.2, 0.25) is 0 Å². The fraction of sp³-hybridized carbons (Fsp3) is 0.0556. The molecule has 0 saturated carbocycles. The number of carbonyl (C=O) groups is 1. The largest absolute Gasteiger partial charge is 0.476 e. The molecule has 0 aliphatic heterocycles. The van der Waals surface area contributed by atoms with Gasteiger partial charge in [0.1, 0.15) is 23.1 Å². The van der Waals surface area contributed by atoms with Gasteiger partial charge in [-0.3, -0.25) is 0 Å². The molecule has 0 aromatic carbocycles. The highest BCUT2D eigenvalue weighted by atomic mass is 32.1. The number of carboxylic acids is 1. The molecule has 0 bridgehead atoms. The Morgan fingerprint density at radius 3 is 2.48 bits per heavy atom. The number of pyridine rings is 1. The summed E-state index contributed by atoms with van der Waals surface area (Å²) < 4.78 is 0. The van der Waals surface area contributed by atoms with Crippen molar-refractivity contribution in [1.82, 2.24) is 29.9 Å². The van der Waals surface area contributed by atoms with Gasteiger partial charge in [-0.25, -0.2) is 29.7 Å². The van der Waals surface area contributed by atoms with Crippen molar-refractivity contribution < 1.29 is 9.90 Å². The first-order valence-electron chi connectivity index (χ1n) is 8.40. The summed E-state index contributed by atoms with van der Waals surface area (Å²) in [6, 6.07) is 9.05. The smallest absolute Gasteiger partial charge is 0.365 e. The first-order chi connectivity index (χ1) is 14.1. The molecule has 144 valence electrons. The zero-order valence-corrected chi connectivity index (χ0v) is 15.9. The van der Waals surface area contributed by atoms with Crippen molar-refractivity contribution in [2.45, 2.75) is 6.92 Å². The summed E-state index contributed by atoms with van der Waals surface area (Å²) in [5.41, 5.74) is 1.56. The first-order valence-corrected chi connectivity index (χ1v) is 9.28. The molecule has 4 heterocycles. The Kier molecular flexibility index (Phi) is 5.03. The van der Waals surface area contributed by atoms with Gasteiger partial charge in [-0.05, 0) is 31.2 Å². The van der Waals surface area contributed by atoms with E-state index < -0.39 is 5.97 Å². The molecule has 0 aliphatic carbocycles. The van der Waals surface area contributed by atoms with Crippen LogP contribution in [0.1, 0.15) is 15.5 Å². The molecule has 0 unspecified atom stereocenters. The lowest BCUT2D eigenvalue weighted by Gasteiger charge is -2.08. The van der Waals surface area contributed by atoms with Crippen molar-refractivity contribution in [2.24, 2.45) is 0 Å². The SMILES string of the molecule is Cc1cccc(-c2nccc(Nc3ccnc(Nc4csc(C(=O)O)n4)n3)n2)n1. The molecule has 0 saturated heterocycles. The van der Waals surface area contributed by atoms with Gasteiger partial charge >= 0.3 is 5.97 Å². The van der Waals surface area contributed by atoms with Crippen molar-refractivity contribution in [1.29, 1.82) is 0 Å². The number of carboxylic acid groups (broad SMARTS) is 1. The summed E-state index contributed by atoms with van der Waals surface area (Å²) in [5.74, 6) is 1.09. The standard InChI is InChI=1S/C18H14N8O2S/c1-10-3-2-4-11(21-10)15-19-7-5-12(23-15)22-13-6-8-20-18(25-13)26-14-9-29-16(24-14)17(27)28/h2-9H,1H3,(H,27,28)(H2,19,20,22,23,25,26). The zero-order valence-electron chi connectivity index (χ0n) is 15.1. The average molecular weight is 406 g/mol. The minimum Gasteiger partial charge on any atom is -0.476 e. The minimum atomic E-state index is -1.08. The number of aryl methyl sites for hydroxylation is 1. The monoisotopic (exact) mass is 406 g/mol. The van der Waals surface area contributed by atoms with E-state index in [0.29, 0.717) is 29.0 Å². The topological polar surface area (TPSA) is 139 Å². The van der Waals surface area contributed by atoms with E-state index in [1.54, 1.807) is 29.9 Å². The van der Waals surface area contributed by atoms with E-state index in [1.165, 1.54) is 0 Å². The van der Waals surface area contributed by atoms with Crippen LogP contribution in [-0.2, 0) is 0 Å². The quantitative estimate of drug-likeness (QED) is 0.437. The van der Waals surface area contributed by atoms with Crippen LogP contribution in [0.3, 0.4) is 0 Å². The van der Waals surface area contributed by atoms with Gasteiger partial charge in [0.05, 0.1) is 0 Å². The van der Waals surface area contributed by atoms with E-state index in [4.69, 9.17) is 5.11 Å². The third kappa shape index (κ3) is 4.47. The molecule has 4 aromatic heterocycles. The highest BCUT2D eigenvalue weighted by Gasteiger charge is 2.10. The van der Waals surface area contributed by atoms with Gasteiger partial charge in [-0.1, -0.05) is 6.07 Å². The van der Waals surface area contributed by atoms with Crippen LogP contribution in [0, 0.1) is 6.92 Å². The molecular weight excluding hydrogens is 392 g/mol. The van der Waals surface area contributed by atoms with Gasteiger partial charge in [-0.2, -0.15) is 4.98 Å². The van der Waals surface area contributed by atoms with Gasteiger partial charge < -0.3 is 15.7 Å². The van der Waals surface area contributed by atoms with Gasteiger partial charge in [-0.15, -0.1) is 11.3 Å². The number of hydrogen-bond acceptors (Lipinski definition) is 10. The van der Waals surface area contributed by atoms with Crippen molar-refractivity contribution in [3.8, 4) is 11.5 Å². The molecule has 0 aliphatic rings. The lowest BCUT2D eigenvalue weighted by atomic mass is 10.3. The molecule has 3 N–H and O–H groups in total. The molecule has 11 heteroatoms. The third-order valence-electron chi connectivity index (χ3n) is 3.61. The Balaban J connectivity index is 1.52. The van der Waals surface area contributed by atoms with Crippen LogP contribution >= 0.6 is 11.3 Å². The highest BCUT2D eigenvalue weighted by Crippen LogP contribution is 2.20. The number of rotatable bonds is 6. The maximum Gasteiger partial charge on any atom is 0.365 e. The number of hydrogen-bond donors (Lipinski definition) is 3. The van der Waals surface area contributed by atoms with E-state index in [2.05, 4.69) is 40.5 Å². The summed E-state index contributed by atoms with van der Waals surface area (Å²) >= 11 is 1.02. The molecule has 29 heavy (non-hydrogen) atoms. The molecular formula is C18H14N8O2S. The number of nitrogens with one attached hydrogen (secondary N) is 2. The van der Waals surface area contributed by atoms with Crippen LogP contribution in [0.15, 0.2) is 48.1 Å². The summed E-state index contributed by atoms with van der Waals surface area (Å²) in [7, 11) is 0. The molecule has 0 amide bonds. The van der Waals surface area contributed by atoms with Gasteiger partial charge in [0.15, 0.2) is 5.82 Å².